The molecule has 1 aromatic rings. The molecule has 0 aliphatic heterocycles. The molecule has 17 heavy (non-hydrogen) atoms. The van der Waals surface area contributed by atoms with E-state index in [0.717, 1.165) is 23.6 Å². The van der Waals surface area contributed by atoms with E-state index >= 15 is 0 Å². The smallest absolute Gasteiger partial charge is 0.129 e. The zero-order valence-electron chi connectivity index (χ0n) is 11.3. The van der Waals surface area contributed by atoms with Crippen LogP contribution in [-0.2, 0) is 6.54 Å². The van der Waals surface area contributed by atoms with E-state index in [9.17, 15) is 0 Å². The van der Waals surface area contributed by atoms with Gasteiger partial charge >= 0.3 is 0 Å². The molecule has 0 unspecified atom stereocenters. The minimum absolute atomic E-state index is 0.0147. The van der Waals surface area contributed by atoms with E-state index in [2.05, 4.69) is 43.3 Å². The van der Waals surface area contributed by atoms with Crippen molar-refractivity contribution >= 4 is 5.82 Å². The molecule has 0 radical (unpaired) electrons. The second-order valence-corrected chi connectivity index (χ2v) is 5.25. The number of hydrogen-bond acceptors (Lipinski definition) is 3. The highest BCUT2D eigenvalue weighted by atomic mass is 15.2. The van der Waals surface area contributed by atoms with Crippen LogP contribution in [0.5, 0.6) is 0 Å². The maximum atomic E-state index is 5.70. The van der Waals surface area contributed by atoms with Gasteiger partial charge in [0.15, 0.2) is 0 Å². The first-order chi connectivity index (χ1) is 7.88. The predicted molar refractivity (Wildman–Crippen MR) is 74.2 cm³/mol. The van der Waals surface area contributed by atoms with Crippen LogP contribution in [-0.4, -0.2) is 17.1 Å². The third-order valence-corrected chi connectivity index (χ3v) is 2.63. The predicted octanol–water partition coefficient (Wildman–Crippen LogP) is 2.64. The van der Waals surface area contributed by atoms with E-state index in [1.54, 1.807) is 0 Å². The third kappa shape index (κ3) is 3.56. The number of aromatic nitrogens is 1. The standard InChI is InChI=1S/C14H23N3/c1-6-7-17(14(3,4)5)13-9-12(10-15)8-11(2)16-13/h6,8-9H,1,7,10,15H2,2-5H3. The Hall–Kier alpha value is -1.35. The number of nitrogens with two attached hydrogens (primary N) is 1. The van der Waals surface area contributed by atoms with Gasteiger partial charge in [0.05, 0.1) is 0 Å². The van der Waals surface area contributed by atoms with Gasteiger partial charge in [-0.05, 0) is 45.4 Å². The normalized spacial score (nSPS) is 11.4. The first-order valence-corrected chi connectivity index (χ1v) is 5.94. The van der Waals surface area contributed by atoms with Gasteiger partial charge in [-0.15, -0.1) is 6.58 Å². The molecule has 0 bridgehead atoms. The van der Waals surface area contributed by atoms with Crippen LogP contribution in [0, 0.1) is 6.92 Å². The fourth-order valence-corrected chi connectivity index (χ4v) is 1.82. The molecule has 3 nitrogen and oxygen atoms in total. The average molecular weight is 233 g/mol. The Bertz CT molecular complexity index is 391. The molecule has 1 aromatic heterocycles. The van der Waals surface area contributed by atoms with Crippen LogP contribution >= 0.6 is 0 Å². The summed E-state index contributed by atoms with van der Waals surface area (Å²) < 4.78 is 0. The van der Waals surface area contributed by atoms with Crippen molar-refractivity contribution in [1.29, 1.82) is 0 Å². The van der Waals surface area contributed by atoms with E-state index < -0.39 is 0 Å². The van der Waals surface area contributed by atoms with Crippen molar-refractivity contribution in [2.75, 3.05) is 11.4 Å². The van der Waals surface area contributed by atoms with Crippen molar-refractivity contribution in [1.82, 2.24) is 4.98 Å². The summed E-state index contributed by atoms with van der Waals surface area (Å²) in [7, 11) is 0. The zero-order chi connectivity index (χ0) is 13.1. The van der Waals surface area contributed by atoms with Crippen LogP contribution < -0.4 is 10.6 Å². The molecule has 1 rings (SSSR count). The maximum absolute atomic E-state index is 5.70. The van der Waals surface area contributed by atoms with Crippen molar-refractivity contribution in [3.63, 3.8) is 0 Å². The summed E-state index contributed by atoms with van der Waals surface area (Å²) in [5, 5.41) is 0. The molecule has 0 amide bonds. The number of rotatable bonds is 4. The quantitative estimate of drug-likeness (QED) is 0.813. The molecular weight excluding hydrogens is 210 g/mol. The molecule has 0 spiro atoms. The Balaban J connectivity index is 3.18. The first kappa shape index (κ1) is 13.7. The van der Waals surface area contributed by atoms with Crippen LogP contribution in [0.2, 0.25) is 0 Å². The number of anilines is 1. The fraction of sp³-hybridized carbons (Fsp3) is 0.500. The molecule has 0 saturated heterocycles. The van der Waals surface area contributed by atoms with Gasteiger partial charge in [0, 0.05) is 24.3 Å². The zero-order valence-corrected chi connectivity index (χ0v) is 11.3. The molecule has 0 aromatic carbocycles. The molecule has 0 fully saturated rings. The average Bonchev–Trinajstić information content (AvgIpc) is 2.23. The molecular formula is C14H23N3. The van der Waals surface area contributed by atoms with Crippen LogP contribution in [0.1, 0.15) is 32.0 Å². The van der Waals surface area contributed by atoms with Crippen LogP contribution in [0.4, 0.5) is 5.82 Å². The van der Waals surface area contributed by atoms with Gasteiger partial charge in [0.1, 0.15) is 5.82 Å². The van der Waals surface area contributed by atoms with Crippen molar-refractivity contribution < 1.29 is 0 Å². The summed E-state index contributed by atoms with van der Waals surface area (Å²) in [6.07, 6.45) is 1.90. The monoisotopic (exact) mass is 233 g/mol. The summed E-state index contributed by atoms with van der Waals surface area (Å²) in [6, 6.07) is 4.08. The molecule has 0 aliphatic rings. The van der Waals surface area contributed by atoms with Gasteiger partial charge in [0.25, 0.3) is 0 Å². The van der Waals surface area contributed by atoms with Crippen molar-refractivity contribution in [2.24, 2.45) is 5.73 Å². The summed E-state index contributed by atoms with van der Waals surface area (Å²) in [4.78, 5) is 6.82. The Morgan fingerprint density at radius 3 is 2.53 bits per heavy atom. The second-order valence-electron chi connectivity index (χ2n) is 5.25. The molecule has 2 N–H and O–H groups in total. The highest BCUT2D eigenvalue weighted by Crippen LogP contribution is 2.23. The third-order valence-electron chi connectivity index (χ3n) is 2.63. The Morgan fingerprint density at radius 1 is 1.41 bits per heavy atom. The van der Waals surface area contributed by atoms with E-state index in [1.165, 1.54) is 0 Å². The maximum Gasteiger partial charge on any atom is 0.129 e. The molecule has 94 valence electrons. The van der Waals surface area contributed by atoms with Gasteiger partial charge in [-0.1, -0.05) is 6.08 Å². The second kappa shape index (κ2) is 5.32. The number of hydrogen-bond donors (Lipinski definition) is 1. The van der Waals surface area contributed by atoms with E-state index in [-0.39, 0.29) is 5.54 Å². The summed E-state index contributed by atoms with van der Waals surface area (Å²) in [5.74, 6) is 0.970. The SMILES string of the molecule is C=CCN(c1cc(CN)cc(C)n1)C(C)(C)C. The van der Waals surface area contributed by atoms with Gasteiger partial charge in [0.2, 0.25) is 0 Å². The van der Waals surface area contributed by atoms with Gasteiger partial charge in [-0.25, -0.2) is 4.98 Å². The molecule has 0 saturated carbocycles. The number of pyridine rings is 1. The lowest BCUT2D eigenvalue weighted by Crippen LogP contribution is -2.42. The van der Waals surface area contributed by atoms with E-state index in [1.807, 2.05) is 19.1 Å². The number of nitrogens with zero attached hydrogens (tertiary/aromatic N) is 2. The van der Waals surface area contributed by atoms with Crippen molar-refractivity contribution in [2.45, 2.75) is 39.8 Å². The van der Waals surface area contributed by atoms with Gasteiger partial charge in [-0.2, -0.15) is 0 Å². The minimum atomic E-state index is 0.0147. The summed E-state index contributed by atoms with van der Waals surface area (Å²) >= 11 is 0. The Kier molecular flexibility index (Phi) is 4.29. The van der Waals surface area contributed by atoms with E-state index in [0.29, 0.717) is 6.54 Å². The lowest BCUT2D eigenvalue weighted by molar-refractivity contribution is 0.517. The van der Waals surface area contributed by atoms with Gasteiger partial charge in [-0.3, -0.25) is 0 Å². The Labute approximate surface area is 104 Å². The lowest BCUT2D eigenvalue weighted by atomic mass is 10.1. The van der Waals surface area contributed by atoms with Crippen molar-refractivity contribution in [3.05, 3.63) is 36.0 Å². The van der Waals surface area contributed by atoms with E-state index in [4.69, 9.17) is 5.73 Å². The summed E-state index contributed by atoms with van der Waals surface area (Å²) in [5.41, 5.74) is 7.84. The Morgan fingerprint density at radius 2 is 2.06 bits per heavy atom. The molecule has 0 aliphatic carbocycles. The topological polar surface area (TPSA) is 42.1 Å². The molecule has 3 heteroatoms. The lowest BCUT2D eigenvalue weighted by Gasteiger charge is -2.36. The van der Waals surface area contributed by atoms with Crippen LogP contribution in [0.25, 0.3) is 0 Å². The fourth-order valence-electron chi connectivity index (χ4n) is 1.82. The largest absolute Gasteiger partial charge is 0.348 e. The first-order valence-electron chi connectivity index (χ1n) is 5.94. The highest BCUT2D eigenvalue weighted by molar-refractivity contribution is 5.45. The van der Waals surface area contributed by atoms with Crippen molar-refractivity contribution in [3.8, 4) is 0 Å². The molecule has 0 atom stereocenters. The van der Waals surface area contributed by atoms with Crippen LogP contribution in [0.3, 0.4) is 0 Å². The van der Waals surface area contributed by atoms with Gasteiger partial charge < -0.3 is 10.6 Å². The summed E-state index contributed by atoms with van der Waals surface area (Å²) in [6.45, 7) is 13.6. The highest BCUT2D eigenvalue weighted by Gasteiger charge is 2.21. The number of aryl methyl sites for hydroxylation is 1. The van der Waals surface area contributed by atoms with Crippen LogP contribution in [0.15, 0.2) is 24.8 Å². The minimum Gasteiger partial charge on any atom is -0.348 e. The molecule has 1 heterocycles.